The number of hydrogen-bond donors (Lipinski definition) is 2. The molecule has 1 aromatic heterocycles. The minimum Gasteiger partial charge on any atom is -0.476 e. The van der Waals surface area contributed by atoms with Crippen LogP contribution < -0.4 is 0 Å². The van der Waals surface area contributed by atoms with Crippen LogP contribution in [0.1, 0.15) is 10.5 Å². The molecule has 0 aliphatic carbocycles. The van der Waals surface area contributed by atoms with Gasteiger partial charge in [0.15, 0.2) is 11.4 Å². The Kier molecular flexibility index (Phi) is 3.38. The zero-order valence-corrected chi connectivity index (χ0v) is 11.3. The van der Waals surface area contributed by atoms with Gasteiger partial charge in [-0.2, -0.15) is 10.3 Å². The summed E-state index contributed by atoms with van der Waals surface area (Å²) in [7, 11) is 0. The Morgan fingerprint density at radius 3 is 2.05 bits per heavy atom. The SMILES string of the molecule is [C-]#[N+]c1ccc(-c2ccc(-c3n[nH]nc3C(=O)O)cc2)cc1. The van der Waals surface area contributed by atoms with Crippen molar-refractivity contribution in [1.82, 2.24) is 15.4 Å². The third-order valence-corrected chi connectivity index (χ3v) is 3.24. The van der Waals surface area contributed by atoms with E-state index in [9.17, 15) is 4.79 Å². The maximum Gasteiger partial charge on any atom is 0.358 e. The van der Waals surface area contributed by atoms with Crippen molar-refractivity contribution < 1.29 is 9.90 Å². The van der Waals surface area contributed by atoms with Gasteiger partial charge in [0, 0.05) is 5.56 Å². The molecule has 106 valence electrons. The molecule has 0 aliphatic heterocycles. The Morgan fingerprint density at radius 1 is 0.955 bits per heavy atom. The second kappa shape index (κ2) is 5.50. The van der Waals surface area contributed by atoms with E-state index in [1.54, 1.807) is 24.3 Å². The number of rotatable bonds is 3. The molecule has 2 N–H and O–H groups in total. The quantitative estimate of drug-likeness (QED) is 0.724. The van der Waals surface area contributed by atoms with E-state index >= 15 is 0 Å². The van der Waals surface area contributed by atoms with Crippen molar-refractivity contribution in [2.75, 3.05) is 0 Å². The van der Waals surface area contributed by atoms with Gasteiger partial charge < -0.3 is 5.11 Å². The summed E-state index contributed by atoms with van der Waals surface area (Å²) in [6.45, 7) is 6.94. The number of H-pyrrole nitrogens is 1. The third-order valence-electron chi connectivity index (χ3n) is 3.24. The van der Waals surface area contributed by atoms with Crippen LogP contribution in [0, 0.1) is 6.57 Å². The van der Waals surface area contributed by atoms with Gasteiger partial charge in [0.25, 0.3) is 0 Å². The van der Waals surface area contributed by atoms with E-state index in [1.165, 1.54) is 0 Å². The van der Waals surface area contributed by atoms with Crippen LogP contribution in [0.3, 0.4) is 0 Å². The first-order valence-corrected chi connectivity index (χ1v) is 6.41. The van der Waals surface area contributed by atoms with Crippen molar-refractivity contribution in [3.8, 4) is 22.4 Å². The lowest BCUT2D eigenvalue weighted by Crippen LogP contribution is -1.99. The van der Waals surface area contributed by atoms with Crippen LogP contribution in [0.25, 0.3) is 27.2 Å². The van der Waals surface area contributed by atoms with Crippen molar-refractivity contribution in [3.63, 3.8) is 0 Å². The lowest BCUT2D eigenvalue weighted by molar-refractivity contribution is 0.0691. The molecule has 0 aliphatic rings. The van der Waals surface area contributed by atoms with Gasteiger partial charge in [-0.15, -0.1) is 5.10 Å². The van der Waals surface area contributed by atoms with Crippen LogP contribution >= 0.6 is 0 Å². The number of benzene rings is 2. The van der Waals surface area contributed by atoms with Gasteiger partial charge in [-0.3, -0.25) is 0 Å². The summed E-state index contributed by atoms with van der Waals surface area (Å²) in [5, 5.41) is 18.9. The zero-order valence-electron chi connectivity index (χ0n) is 11.3. The van der Waals surface area contributed by atoms with Crippen LogP contribution in [0.15, 0.2) is 48.5 Å². The van der Waals surface area contributed by atoms with Gasteiger partial charge in [0.2, 0.25) is 0 Å². The van der Waals surface area contributed by atoms with Crippen molar-refractivity contribution >= 4 is 11.7 Å². The second-order valence-electron chi connectivity index (χ2n) is 4.56. The predicted octanol–water partition coefficient (Wildman–Crippen LogP) is 3.39. The summed E-state index contributed by atoms with van der Waals surface area (Å²) in [6.07, 6.45) is 0. The topological polar surface area (TPSA) is 83.2 Å². The first kappa shape index (κ1) is 13.5. The molecule has 22 heavy (non-hydrogen) atoms. The average molecular weight is 290 g/mol. The minimum absolute atomic E-state index is 0.103. The number of aromatic nitrogens is 3. The molecule has 3 aromatic rings. The lowest BCUT2D eigenvalue weighted by atomic mass is 10.0. The van der Waals surface area contributed by atoms with Gasteiger partial charge in [-0.25, -0.2) is 9.64 Å². The van der Waals surface area contributed by atoms with E-state index in [1.807, 2.05) is 24.3 Å². The van der Waals surface area contributed by atoms with E-state index in [2.05, 4.69) is 20.3 Å². The molecule has 1 heterocycles. The monoisotopic (exact) mass is 290 g/mol. The summed E-state index contributed by atoms with van der Waals surface area (Å²) in [4.78, 5) is 14.4. The summed E-state index contributed by atoms with van der Waals surface area (Å²) < 4.78 is 0. The summed E-state index contributed by atoms with van der Waals surface area (Å²) >= 11 is 0. The molecule has 0 atom stereocenters. The lowest BCUT2D eigenvalue weighted by Gasteiger charge is -2.03. The number of carbonyl (C=O) groups is 1. The molecule has 0 radical (unpaired) electrons. The van der Waals surface area contributed by atoms with E-state index in [-0.39, 0.29) is 5.69 Å². The summed E-state index contributed by atoms with van der Waals surface area (Å²) in [5.74, 6) is -1.12. The normalized spacial score (nSPS) is 10.1. The number of carboxylic acids is 1. The molecule has 0 unspecified atom stereocenters. The van der Waals surface area contributed by atoms with E-state index in [0.29, 0.717) is 16.9 Å². The standard InChI is InChI=1S/C16H10N4O2/c1-17-13-8-6-11(7-9-13)10-2-4-12(5-3-10)14-15(16(21)22)19-20-18-14/h2-9H,(H,21,22)(H,18,19,20). The first-order valence-electron chi connectivity index (χ1n) is 6.41. The molecule has 3 rings (SSSR count). The number of aromatic carboxylic acids is 1. The maximum atomic E-state index is 11.1. The fraction of sp³-hybridized carbons (Fsp3) is 0. The number of carboxylic acid groups (broad SMARTS) is 1. The zero-order chi connectivity index (χ0) is 15.5. The highest BCUT2D eigenvalue weighted by molar-refractivity contribution is 5.92. The van der Waals surface area contributed by atoms with E-state index < -0.39 is 5.97 Å². The highest BCUT2D eigenvalue weighted by Gasteiger charge is 2.16. The number of nitrogens with zero attached hydrogens (tertiary/aromatic N) is 3. The number of hydrogen-bond acceptors (Lipinski definition) is 3. The van der Waals surface area contributed by atoms with Crippen LogP contribution in [0.4, 0.5) is 5.69 Å². The highest BCUT2D eigenvalue weighted by atomic mass is 16.4. The fourth-order valence-electron chi connectivity index (χ4n) is 2.13. The third kappa shape index (κ3) is 2.43. The predicted molar refractivity (Wildman–Crippen MR) is 80.5 cm³/mol. The van der Waals surface area contributed by atoms with Crippen LogP contribution in [0.5, 0.6) is 0 Å². The van der Waals surface area contributed by atoms with Crippen molar-refractivity contribution in [2.45, 2.75) is 0 Å². The Bertz CT molecular complexity index is 858. The number of aromatic amines is 1. The van der Waals surface area contributed by atoms with E-state index in [4.69, 9.17) is 11.7 Å². The van der Waals surface area contributed by atoms with Crippen molar-refractivity contribution in [1.29, 1.82) is 0 Å². The summed E-state index contributed by atoms with van der Waals surface area (Å²) in [5.41, 5.74) is 3.43. The Balaban J connectivity index is 1.94. The molecule has 0 spiro atoms. The molecule has 0 amide bonds. The Hall–Kier alpha value is -3.46. The molecule has 0 saturated carbocycles. The summed E-state index contributed by atoms with van der Waals surface area (Å²) in [6, 6.07) is 14.6. The molecule has 0 saturated heterocycles. The smallest absolute Gasteiger partial charge is 0.358 e. The Labute approximate surface area is 125 Å². The molecule has 0 fully saturated rings. The maximum absolute atomic E-state index is 11.1. The number of nitrogens with one attached hydrogen (secondary N) is 1. The second-order valence-corrected chi connectivity index (χ2v) is 4.56. The molecule has 0 bridgehead atoms. The van der Waals surface area contributed by atoms with Gasteiger partial charge in [-0.05, 0) is 11.1 Å². The average Bonchev–Trinajstić information content (AvgIpc) is 3.05. The molecule has 6 nitrogen and oxygen atoms in total. The van der Waals surface area contributed by atoms with Gasteiger partial charge in [0.05, 0.1) is 6.57 Å². The molecule has 6 heteroatoms. The van der Waals surface area contributed by atoms with Gasteiger partial charge in [0.1, 0.15) is 5.69 Å². The molecular weight excluding hydrogens is 280 g/mol. The molecular formula is C16H10N4O2. The first-order chi connectivity index (χ1) is 10.7. The fourth-order valence-corrected chi connectivity index (χ4v) is 2.13. The van der Waals surface area contributed by atoms with Crippen LogP contribution in [-0.2, 0) is 0 Å². The highest BCUT2D eigenvalue weighted by Crippen LogP contribution is 2.26. The van der Waals surface area contributed by atoms with Crippen molar-refractivity contribution in [2.24, 2.45) is 0 Å². The Morgan fingerprint density at radius 2 is 1.50 bits per heavy atom. The molecule has 2 aromatic carbocycles. The largest absolute Gasteiger partial charge is 0.476 e. The van der Waals surface area contributed by atoms with E-state index in [0.717, 1.165) is 11.1 Å². The van der Waals surface area contributed by atoms with Crippen LogP contribution in [-0.4, -0.2) is 26.5 Å². The van der Waals surface area contributed by atoms with Crippen LogP contribution in [0.2, 0.25) is 0 Å². The van der Waals surface area contributed by atoms with Gasteiger partial charge >= 0.3 is 5.97 Å². The van der Waals surface area contributed by atoms with Crippen molar-refractivity contribution in [3.05, 3.63) is 65.6 Å². The minimum atomic E-state index is -1.12. The van der Waals surface area contributed by atoms with Gasteiger partial charge in [-0.1, -0.05) is 48.5 Å².